The van der Waals surface area contributed by atoms with Crippen LogP contribution in [0.4, 0.5) is 13.2 Å². The number of carbonyl (C=O) groups excluding carboxylic acids is 2. The molecule has 1 amide bonds. The maximum absolute atomic E-state index is 13.0. The van der Waals surface area contributed by atoms with Gasteiger partial charge >= 0.3 is 17.8 Å². The van der Waals surface area contributed by atoms with Crippen LogP contribution in [0, 0.1) is 0 Å². The van der Waals surface area contributed by atoms with E-state index < -0.39 is 40.6 Å². The lowest BCUT2D eigenvalue weighted by atomic mass is 10.1. The first kappa shape index (κ1) is 24.9. The van der Waals surface area contributed by atoms with E-state index in [-0.39, 0.29) is 33.5 Å². The zero-order valence-corrected chi connectivity index (χ0v) is 18.0. The summed E-state index contributed by atoms with van der Waals surface area (Å²) in [6.07, 6.45) is -3.49. The zero-order valence-electron chi connectivity index (χ0n) is 17.2. The minimum Gasteiger partial charge on any atom is -0.446 e. The molecular weight excluding hydrogens is 455 g/mol. The molecule has 1 heterocycles. The van der Waals surface area contributed by atoms with E-state index in [2.05, 4.69) is 11.9 Å². The Kier molecular flexibility index (Phi) is 7.03. The molecule has 172 valence electrons. The Labute approximate surface area is 184 Å². The lowest BCUT2D eigenvalue weighted by Crippen LogP contribution is -2.45. The Morgan fingerprint density at radius 2 is 1.84 bits per heavy atom. The van der Waals surface area contributed by atoms with Crippen LogP contribution in [0.2, 0.25) is 5.02 Å². The van der Waals surface area contributed by atoms with Crippen LogP contribution in [0.3, 0.4) is 0 Å². The number of amides is 1. The highest BCUT2D eigenvalue weighted by atomic mass is 35.5. The number of hydrogen-bond acceptors (Lipinski definition) is 5. The first-order valence-electron chi connectivity index (χ1n) is 9.03. The second kappa shape index (κ2) is 9.03. The summed E-state index contributed by atoms with van der Waals surface area (Å²) in [6.45, 7) is 6.25. The molecule has 0 unspecified atom stereocenters. The number of aromatic nitrogens is 2. The highest BCUT2D eigenvalue weighted by molar-refractivity contribution is 6.33. The number of halogens is 4. The van der Waals surface area contributed by atoms with Crippen molar-refractivity contribution in [3.63, 3.8) is 0 Å². The van der Waals surface area contributed by atoms with Crippen molar-refractivity contribution in [2.45, 2.75) is 25.6 Å². The van der Waals surface area contributed by atoms with Crippen LogP contribution in [0.15, 0.2) is 46.5 Å². The molecule has 1 N–H and O–H groups in total. The van der Waals surface area contributed by atoms with Crippen molar-refractivity contribution in [3.8, 4) is 5.69 Å². The quantitative estimate of drug-likeness (QED) is 0.513. The van der Waals surface area contributed by atoms with Crippen LogP contribution in [-0.4, -0.2) is 33.2 Å². The van der Waals surface area contributed by atoms with Gasteiger partial charge in [-0.05, 0) is 32.0 Å². The number of carbonyl (C=O) groups is 2. The Hall–Kier alpha value is -3.34. The Balaban J connectivity index is 2.51. The molecule has 0 aliphatic heterocycles. The number of benzene rings is 1. The fraction of sp³-hybridized carbons (Fsp3) is 0.300. The van der Waals surface area contributed by atoms with Crippen molar-refractivity contribution in [1.29, 1.82) is 0 Å². The Morgan fingerprint density at radius 1 is 1.22 bits per heavy atom. The molecular formula is C20H19ClF3N3O5. The van der Waals surface area contributed by atoms with Gasteiger partial charge in [0, 0.05) is 19.7 Å². The van der Waals surface area contributed by atoms with Crippen LogP contribution in [0.25, 0.3) is 5.69 Å². The fourth-order valence-electron chi connectivity index (χ4n) is 2.65. The van der Waals surface area contributed by atoms with Gasteiger partial charge in [-0.25, -0.2) is 14.2 Å². The topological polar surface area (TPSA) is 99.4 Å². The number of esters is 1. The zero-order chi connectivity index (χ0) is 24.4. The van der Waals surface area contributed by atoms with Crippen molar-refractivity contribution in [1.82, 2.24) is 14.5 Å². The molecule has 0 saturated carbocycles. The van der Waals surface area contributed by atoms with Gasteiger partial charge in [-0.15, -0.1) is 6.58 Å². The van der Waals surface area contributed by atoms with E-state index in [9.17, 15) is 32.3 Å². The molecule has 2 aromatic rings. The summed E-state index contributed by atoms with van der Waals surface area (Å²) in [5.74, 6) is -1.67. The van der Waals surface area contributed by atoms with Gasteiger partial charge in [-0.1, -0.05) is 17.7 Å². The summed E-state index contributed by atoms with van der Waals surface area (Å²) in [6, 6.07) is 3.62. The van der Waals surface area contributed by atoms with E-state index in [4.69, 9.17) is 16.3 Å². The third-order valence-electron chi connectivity index (χ3n) is 4.34. The standard InChI is InChI=1S/C20H19ClF3N3O5/c1-5-8-25-17(30)19(2,3)32-16(29)12-9-11(6-7-13(12)21)27-15(28)10-14(20(22,23)24)26(4)18(27)31/h5-7,9-10H,1,8H2,2-4H3,(H,25,30). The lowest BCUT2D eigenvalue weighted by Gasteiger charge is -2.24. The number of ether oxygens (including phenoxy) is 1. The van der Waals surface area contributed by atoms with E-state index in [0.29, 0.717) is 4.57 Å². The molecule has 0 radical (unpaired) electrons. The normalized spacial score (nSPS) is 11.7. The summed E-state index contributed by atoms with van der Waals surface area (Å²) < 4.78 is 45.1. The third-order valence-corrected chi connectivity index (χ3v) is 4.67. The first-order valence-corrected chi connectivity index (χ1v) is 9.41. The molecule has 0 atom stereocenters. The van der Waals surface area contributed by atoms with Gasteiger partial charge in [0.25, 0.3) is 11.5 Å². The van der Waals surface area contributed by atoms with Crippen LogP contribution >= 0.6 is 11.6 Å². The number of nitrogens with zero attached hydrogens (tertiary/aromatic N) is 2. The van der Waals surface area contributed by atoms with Crippen molar-refractivity contribution >= 4 is 23.5 Å². The molecule has 0 fully saturated rings. The number of nitrogens with one attached hydrogen (secondary N) is 1. The molecule has 0 saturated heterocycles. The predicted molar refractivity (Wildman–Crippen MR) is 110 cm³/mol. The van der Waals surface area contributed by atoms with Gasteiger partial charge in [-0.2, -0.15) is 13.2 Å². The summed E-state index contributed by atoms with van der Waals surface area (Å²) in [5, 5.41) is 2.34. The molecule has 1 aromatic carbocycles. The Bertz CT molecular complexity index is 1200. The maximum Gasteiger partial charge on any atom is 0.431 e. The number of hydrogen-bond donors (Lipinski definition) is 1. The van der Waals surface area contributed by atoms with Crippen LogP contribution in [0.5, 0.6) is 0 Å². The monoisotopic (exact) mass is 473 g/mol. The first-order chi connectivity index (χ1) is 14.7. The second-order valence-electron chi connectivity index (χ2n) is 7.11. The van der Waals surface area contributed by atoms with Crippen molar-refractivity contribution in [2.24, 2.45) is 7.05 Å². The summed E-state index contributed by atoms with van der Waals surface area (Å²) in [4.78, 5) is 49.5. The van der Waals surface area contributed by atoms with Crippen molar-refractivity contribution in [2.75, 3.05) is 6.54 Å². The van der Waals surface area contributed by atoms with E-state index in [1.807, 2.05) is 0 Å². The van der Waals surface area contributed by atoms with Gasteiger partial charge in [0.15, 0.2) is 5.60 Å². The maximum atomic E-state index is 13.0. The van der Waals surface area contributed by atoms with Crippen LogP contribution < -0.4 is 16.6 Å². The fourth-order valence-corrected chi connectivity index (χ4v) is 2.85. The molecule has 32 heavy (non-hydrogen) atoms. The second-order valence-corrected chi connectivity index (χ2v) is 7.51. The molecule has 0 aliphatic carbocycles. The van der Waals surface area contributed by atoms with Crippen LogP contribution in [-0.2, 0) is 22.8 Å². The van der Waals surface area contributed by atoms with Gasteiger partial charge in [-0.3, -0.25) is 14.2 Å². The molecule has 12 heteroatoms. The number of rotatable bonds is 6. The molecule has 0 spiro atoms. The smallest absolute Gasteiger partial charge is 0.431 e. The molecule has 2 rings (SSSR count). The lowest BCUT2D eigenvalue weighted by molar-refractivity contribution is -0.144. The molecule has 1 aromatic heterocycles. The van der Waals surface area contributed by atoms with Gasteiger partial charge in [0.2, 0.25) is 0 Å². The van der Waals surface area contributed by atoms with E-state index in [1.165, 1.54) is 32.1 Å². The van der Waals surface area contributed by atoms with Gasteiger partial charge in [0.1, 0.15) is 5.69 Å². The van der Waals surface area contributed by atoms with Crippen molar-refractivity contribution in [3.05, 3.63) is 74.0 Å². The molecule has 0 bridgehead atoms. The van der Waals surface area contributed by atoms with Gasteiger partial charge in [0.05, 0.1) is 16.3 Å². The SMILES string of the molecule is C=CCNC(=O)C(C)(C)OC(=O)c1cc(-n2c(=O)cc(C(F)(F)F)n(C)c2=O)ccc1Cl. The third kappa shape index (κ3) is 5.10. The van der Waals surface area contributed by atoms with E-state index >= 15 is 0 Å². The predicted octanol–water partition coefficient (Wildman–Crippen LogP) is 2.45. The van der Waals surface area contributed by atoms with E-state index in [0.717, 1.165) is 13.1 Å². The summed E-state index contributed by atoms with van der Waals surface area (Å²) in [5.41, 5.74) is -6.09. The Morgan fingerprint density at radius 3 is 2.41 bits per heavy atom. The number of alkyl halides is 3. The van der Waals surface area contributed by atoms with Gasteiger partial charge < -0.3 is 10.1 Å². The highest BCUT2D eigenvalue weighted by Crippen LogP contribution is 2.27. The molecule has 8 nitrogen and oxygen atoms in total. The summed E-state index contributed by atoms with van der Waals surface area (Å²) in [7, 11) is 0.858. The minimum absolute atomic E-state index is 0.127. The van der Waals surface area contributed by atoms with Crippen molar-refractivity contribution < 1.29 is 27.5 Å². The van der Waals surface area contributed by atoms with Crippen LogP contribution in [0.1, 0.15) is 29.9 Å². The highest BCUT2D eigenvalue weighted by Gasteiger charge is 2.35. The molecule has 0 aliphatic rings. The summed E-state index contributed by atoms with van der Waals surface area (Å²) >= 11 is 6.03. The average molecular weight is 474 g/mol. The average Bonchev–Trinajstić information content (AvgIpc) is 2.68. The van der Waals surface area contributed by atoms with E-state index in [1.54, 1.807) is 0 Å². The largest absolute Gasteiger partial charge is 0.446 e. The minimum atomic E-state index is -4.92.